The van der Waals surface area contributed by atoms with Gasteiger partial charge in [0.1, 0.15) is 11.0 Å². The molecule has 32 heavy (non-hydrogen) atoms. The summed E-state index contributed by atoms with van der Waals surface area (Å²) in [5.41, 5.74) is 0. The van der Waals surface area contributed by atoms with Crippen LogP contribution < -0.4 is 4.90 Å². The fraction of sp³-hybridized carbons (Fsp3) is 0.714. The lowest BCUT2D eigenvalue weighted by Crippen LogP contribution is -2.49. The van der Waals surface area contributed by atoms with E-state index in [4.69, 9.17) is 21.1 Å². The van der Waals surface area contributed by atoms with Crippen molar-refractivity contribution in [3.63, 3.8) is 0 Å². The number of piperazine rings is 1. The van der Waals surface area contributed by atoms with Crippen molar-refractivity contribution in [3.8, 4) is 0 Å². The van der Waals surface area contributed by atoms with E-state index in [0.717, 1.165) is 18.7 Å². The first-order chi connectivity index (χ1) is 15.5. The third-order valence-electron chi connectivity index (χ3n) is 6.52. The number of rotatable bonds is 5. The summed E-state index contributed by atoms with van der Waals surface area (Å²) in [5, 5.41) is 0.852. The van der Waals surface area contributed by atoms with Crippen molar-refractivity contribution in [1.82, 2.24) is 19.8 Å². The zero-order valence-electron chi connectivity index (χ0n) is 18.0. The zero-order chi connectivity index (χ0) is 22.1. The van der Waals surface area contributed by atoms with Crippen molar-refractivity contribution in [2.45, 2.75) is 36.6 Å². The number of amides is 2. The van der Waals surface area contributed by atoms with Crippen molar-refractivity contribution in [1.29, 1.82) is 0 Å². The molecule has 1 saturated carbocycles. The molecule has 9 nitrogen and oxygen atoms in total. The lowest BCUT2D eigenvalue weighted by molar-refractivity contribution is -0.186. The normalized spacial score (nSPS) is 23.1. The van der Waals surface area contributed by atoms with Gasteiger partial charge < -0.3 is 24.2 Å². The van der Waals surface area contributed by atoms with Crippen molar-refractivity contribution in [2.75, 3.05) is 63.1 Å². The van der Waals surface area contributed by atoms with E-state index < -0.39 is 5.79 Å². The number of hydrogen-bond acceptors (Lipinski definition) is 8. The zero-order valence-corrected chi connectivity index (χ0v) is 19.6. The van der Waals surface area contributed by atoms with Crippen LogP contribution in [0.3, 0.4) is 0 Å². The number of anilines is 1. The number of thioether (sulfide) groups is 1. The highest BCUT2D eigenvalue weighted by Gasteiger charge is 2.40. The summed E-state index contributed by atoms with van der Waals surface area (Å²) in [4.78, 5) is 39.8. The molecule has 2 amide bonds. The highest BCUT2D eigenvalue weighted by molar-refractivity contribution is 7.99. The fourth-order valence-electron chi connectivity index (χ4n) is 4.46. The van der Waals surface area contributed by atoms with Gasteiger partial charge in [-0.1, -0.05) is 23.4 Å². The predicted molar refractivity (Wildman–Crippen MR) is 120 cm³/mol. The van der Waals surface area contributed by atoms with Crippen molar-refractivity contribution < 1.29 is 19.1 Å². The second kappa shape index (κ2) is 9.32. The van der Waals surface area contributed by atoms with E-state index in [1.165, 1.54) is 11.8 Å². The topological polar surface area (TPSA) is 88.1 Å². The number of hydrogen-bond donors (Lipinski definition) is 0. The predicted octanol–water partition coefficient (Wildman–Crippen LogP) is 1.65. The second-order valence-corrected chi connectivity index (χ2v) is 10.0. The molecule has 4 aliphatic rings. The van der Waals surface area contributed by atoms with Crippen LogP contribution >= 0.6 is 23.4 Å². The molecule has 11 heteroatoms. The second-order valence-electron chi connectivity index (χ2n) is 8.70. The Labute approximate surface area is 196 Å². The Morgan fingerprint density at radius 3 is 2.38 bits per heavy atom. The van der Waals surface area contributed by atoms with Gasteiger partial charge in [0.2, 0.25) is 11.8 Å². The van der Waals surface area contributed by atoms with Crippen LogP contribution in [-0.4, -0.2) is 95.6 Å². The van der Waals surface area contributed by atoms with Gasteiger partial charge in [-0.3, -0.25) is 9.59 Å². The summed E-state index contributed by atoms with van der Waals surface area (Å²) in [7, 11) is 0. The molecule has 0 radical (unpaired) electrons. The fourth-order valence-corrected chi connectivity index (χ4v) is 5.44. The van der Waals surface area contributed by atoms with E-state index in [1.54, 1.807) is 6.07 Å². The number of likely N-dealkylation sites (tertiary alicyclic amines) is 1. The van der Waals surface area contributed by atoms with E-state index in [2.05, 4.69) is 14.9 Å². The lowest BCUT2D eigenvalue weighted by Gasteiger charge is -2.37. The van der Waals surface area contributed by atoms with Crippen LogP contribution in [0.1, 0.15) is 25.7 Å². The average molecular weight is 482 g/mol. The van der Waals surface area contributed by atoms with Gasteiger partial charge in [0, 0.05) is 64.1 Å². The molecule has 0 unspecified atom stereocenters. The monoisotopic (exact) mass is 481 g/mol. The van der Waals surface area contributed by atoms with Crippen LogP contribution in [0.15, 0.2) is 11.2 Å². The van der Waals surface area contributed by atoms with Gasteiger partial charge in [0.05, 0.1) is 19.0 Å². The first-order valence-electron chi connectivity index (χ1n) is 11.3. The maximum Gasteiger partial charge on any atom is 0.233 e. The molecule has 1 aromatic rings. The Morgan fingerprint density at radius 1 is 1.03 bits per heavy atom. The minimum absolute atomic E-state index is 0.0557. The molecule has 1 aliphatic carbocycles. The van der Waals surface area contributed by atoms with E-state index in [-0.39, 0.29) is 23.5 Å². The summed E-state index contributed by atoms with van der Waals surface area (Å²) < 4.78 is 11.5. The SMILES string of the molecule is O=C(CSc1nc(Cl)cc(N2CCN(C(=O)C3CC3)CC2)n1)N1CCC2(CC1)OCCO2. The van der Waals surface area contributed by atoms with Gasteiger partial charge in [-0.15, -0.1) is 0 Å². The minimum Gasteiger partial charge on any atom is -0.353 e. The molecule has 4 heterocycles. The molecule has 1 aromatic heterocycles. The Balaban J connectivity index is 1.13. The Bertz CT molecular complexity index is 862. The number of piperidine rings is 1. The lowest BCUT2D eigenvalue weighted by atomic mass is 10.0. The molecule has 0 aromatic carbocycles. The Morgan fingerprint density at radius 2 is 1.72 bits per heavy atom. The van der Waals surface area contributed by atoms with Gasteiger partial charge in [-0.2, -0.15) is 0 Å². The van der Waals surface area contributed by atoms with Crippen LogP contribution in [0, 0.1) is 5.92 Å². The minimum atomic E-state index is -0.484. The van der Waals surface area contributed by atoms with Crippen LogP contribution in [0.25, 0.3) is 0 Å². The first kappa shape index (κ1) is 22.2. The number of ether oxygens (including phenoxy) is 2. The van der Waals surface area contributed by atoms with E-state index >= 15 is 0 Å². The molecule has 3 saturated heterocycles. The highest BCUT2D eigenvalue weighted by atomic mass is 35.5. The first-order valence-corrected chi connectivity index (χ1v) is 12.6. The smallest absolute Gasteiger partial charge is 0.233 e. The van der Waals surface area contributed by atoms with E-state index in [1.807, 2.05) is 9.80 Å². The molecule has 3 aliphatic heterocycles. The molecule has 0 N–H and O–H groups in total. The van der Waals surface area contributed by atoms with Crippen molar-refractivity contribution in [2.24, 2.45) is 5.92 Å². The average Bonchev–Trinajstić information content (AvgIpc) is 3.57. The molecule has 174 valence electrons. The maximum absolute atomic E-state index is 12.7. The Kier molecular flexibility index (Phi) is 6.46. The van der Waals surface area contributed by atoms with Crippen LogP contribution in [0.2, 0.25) is 5.15 Å². The van der Waals surface area contributed by atoms with Crippen LogP contribution in [0.5, 0.6) is 0 Å². The molecule has 1 spiro atoms. The van der Waals surface area contributed by atoms with Gasteiger partial charge in [-0.25, -0.2) is 9.97 Å². The van der Waals surface area contributed by atoms with Gasteiger partial charge in [0.25, 0.3) is 0 Å². The Hall–Kier alpha value is -1.62. The molecule has 0 bridgehead atoms. The van der Waals surface area contributed by atoms with Gasteiger partial charge in [0.15, 0.2) is 10.9 Å². The largest absolute Gasteiger partial charge is 0.353 e. The summed E-state index contributed by atoms with van der Waals surface area (Å²) in [6.45, 7) is 5.34. The quantitative estimate of drug-likeness (QED) is 0.356. The maximum atomic E-state index is 12.7. The number of carbonyl (C=O) groups excluding carboxylic acids is 2. The third-order valence-corrected chi connectivity index (χ3v) is 7.54. The molecule has 4 fully saturated rings. The number of nitrogens with zero attached hydrogens (tertiary/aromatic N) is 5. The summed E-state index contributed by atoms with van der Waals surface area (Å²) in [6.07, 6.45) is 3.46. The molecule has 5 rings (SSSR count). The summed E-state index contributed by atoms with van der Waals surface area (Å²) in [6, 6.07) is 1.75. The van der Waals surface area contributed by atoms with Crippen LogP contribution in [-0.2, 0) is 19.1 Å². The van der Waals surface area contributed by atoms with E-state index in [0.29, 0.717) is 75.6 Å². The number of aromatic nitrogens is 2. The highest BCUT2D eigenvalue weighted by Crippen LogP contribution is 2.33. The van der Waals surface area contributed by atoms with E-state index in [9.17, 15) is 9.59 Å². The number of carbonyl (C=O) groups is 2. The van der Waals surface area contributed by atoms with Gasteiger partial charge in [-0.05, 0) is 12.8 Å². The molecular formula is C21H28ClN5O4S. The summed E-state index contributed by atoms with van der Waals surface area (Å²) >= 11 is 7.56. The third kappa shape index (κ3) is 4.98. The number of halogens is 1. The van der Waals surface area contributed by atoms with Crippen molar-refractivity contribution in [3.05, 3.63) is 11.2 Å². The molecule has 0 atom stereocenters. The standard InChI is InChI=1S/C21H28ClN5O4S/c22-16-13-17(25-7-9-27(10-8-25)19(29)15-1-2-15)24-20(23-16)32-14-18(28)26-5-3-21(4-6-26)30-11-12-31-21/h13,15H,1-12,14H2. The van der Waals surface area contributed by atoms with Gasteiger partial charge >= 0.3 is 0 Å². The van der Waals surface area contributed by atoms with Crippen LogP contribution in [0.4, 0.5) is 5.82 Å². The molecular weight excluding hydrogens is 454 g/mol. The summed E-state index contributed by atoms with van der Waals surface area (Å²) in [5.74, 6) is 1.11. The van der Waals surface area contributed by atoms with Crippen molar-refractivity contribution >= 4 is 41.0 Å².